The van der Waals surface area contributed by atoms with Gasteiger partial charge in [-0.2, -0.15) is 0 Å². The maximum Gasteiger partial charge on any atom is 0.320 e. The predicted molar refractivity (Wildman–Crippen MR) is 81.2 cm³/mol. The first-order valence-corrected chi connectivity index (χ1v) is 7.55. The third-order valence-corrected chi connectivity index (χ3v) is 4.34. The van der Waals surface area contributed by atoms with Crippen LogP contribution in [0.1, 0.15) is 43.6 Å². The van der Waals surface area contributed by atoms with Crippen molar-refractivity contribution in [1.82, 2.24) is 14.9 Å². The van der Waals surface area contributed by atoms with E-state index >= 15 is 0 Å². The van der Waals surface area contributed by atoms with E-state index in [0.717, 1.165) is 42.7 Å². The van der Waals surface area contributed by atoms with Crippen LogP contribution >= 0.6 is 0 Å². The van der Waals surface area contributed by atoms with Gasteiger partial charge >= 0.3 is 5.97 Å². The highest BCUT2D eigenvalue weighted by Crippen LogP contribution is 2.31. The summed E-state index contributed by atoms with van der Waals surface area (Å²) in [4.78, 5) is 21.5. The summed E-state index contributed by atoms with van der Waals surface area (Å²) in [7, 11) is 0. The van der Waals surface area contributed by atoms with E-state index in [0.29, 0.717) is 0 Å². The number of nitrogens with zero attached hydrogens (tertiary/aromatic N) is 2. The molecule has 0 aliphatic carbocycles. The summed E-state index contributed by atoms with van der Waals surface area (Å²) in [6, 6.07) is 5.79. The van der Waals surface area contributed by atoms with Gasteiger partial charge < -0.3 is 10.1 Å². The fraction of sp³-hybridized carbons (Fsp3) is 0.500. The van der Waals surface area contributed by atoms with Crippen LogP contribution in [0.4, 0.5) is 0 Å². The average Bonchev–Trinajstić information content (AvgIpc) is 3.06. The molecule has 3 rings (SSSR count). The van der Waals surface area contributed by atoms with E-state index in [4.69, 9.17) is 0 Å². The molecule has 21 heavy (non-hydrogen) atoms. The molecule has 1 aliphatic heterocycles. The number of rotatable bonds is 4. The third-order valence-electron chi connectivity index (χ3n) is 4.34. The van der Waals surface area contributed by atoms with E-state index in [1.807, 2.05) is 12.1 Å². The third kappa shape index (κ3) is 2.53. The lowest BCUT2D eigenvalue weighted by molar-refractivity contribution is -0.143. The van der Waals surface area contributed by atoms with Crippen molar-refractivity contribution in [2.45, 2.75) is 45.2 Å². The molecule has 1 aliphatic rings. The Morgan fingerprint density at radius 3 is 3.10 bits per heavy atom. The van der Waals surface area contributed by atoms with Gasteiger partial charge in [-0.25, -0.2) is 4.98 Å². The van der Waals surface area contributed by atoms with Crippen molar-refractivity contribution >= 4 is 17.0 Å². The molecular formula is C16H21N3O2. The molecule has 0 spiro atoms. The van der Waals surface area contributed by atoms with Crippen molar-refractivity contribution in [2.24, 2.45) is 0 Å². The predicted octanol–water partition coefficient (Wildman–Crippen LogP) is 2.87. The van der Waals surface area contributed by atoms with Crippen LogP contribution in [0, 0.1) is 6.92 Å². The largest absolute Gasteiger partial charge is 0.480 e. The summed E-state index contributed by atoms with van der Waals surface area (Å²) in [6.45, 7) is 4.96. The molecule has 1 aromatic carbocycles. The topological polar surface area (TPSA) is 69.2 Å². The zero-order chi connectivity index (χ0) is 15.0. The fourth-order valence-corrected chi connectivity index (χ4v) is 3.31. The Hall–Kier alpha value is -1.88. The number of nitrogens with one attached hydrogen (secondary N) is 1. The quantitative estimate of drug-likeness (QED) is 0.907. The van der Waals surface area contributed by atoms with Crippen molar-refractivity contribution in [3.8, 4) is 0 Å². The minimum absolute atomic E-state index is 0.0429. The van der Waals surface area contributed by atoms with E-state index in [2.05, 4.69) is 34.8 Å². The summed E-state index contributed by atoms with van der Waals surface area (Å²) in [5, 5.41) is 9.38. The van der Waals surface area contributed by atoms with Gasteiger partial charge in [-0.3, -0.25) is 9.69 Å². The molecule has 2 aromatic rings. The number of hydrogen-bond acceptors (Lipinski definition) is 3. The van der Waals surface area contributed by atoms with E-state index in [9.17, 15) is 9.90 Å². The average molecular weight is 287 g/mol. The molecule has 5 nitrogen and oxygen atoms in total. The van der Waals surface area contributed by atoms with E-state index in [1.54, 1.807) is 0 Å². The number of likely N-dealkylation sites (tertiary alicyclic amines) is 1. The standard InChI is InChI=1S/C16H21N3O2/c1-3-13(19-8-4-5-14(19)16(20)21)15-17-11-7-6-10(2)9-12(11)18-15/h6-7,9,13-14H,3-5,8H2,1-2H3,(H,17,18)(H,20,21). The Morgan fingerprint density at radius 2 is 2.38 bits per heavy atom. The Balaban J connectivity index is 1.96. The molecule has 1 aromatic heterocycles. The highest BCUT2D eigenvalue weighted by Gasteiger charge is 2.36. The lowest BCUT2D eigenvalue weighted by Gasteiger charge is -2.28. The van der Waals surface area contributed by atoms with Gasteiger partial charge in [0.1, 0.15) is 11.9 Å². The van der Waals surface area contributed by atoms with Crippen molar-refractivity contribution in [3.05, 3.63) is 29.6 Å². The fourth-order valence-electron chi connectivity index (χ4n) is 3.31. The lowest BCUT2D eigenvalue weighted by atomic mass is 10.1. The van der Waals surface area contributed by atoms with Crippen LogP contribution in [0.25, 0.3) is 11.0 Å². The normalized spacial score (nSPS) is 21.0. The maximum atomic E-state index is 11.4. The zero-order valence-electron chi connectivity index (χ0n) is 12.5. The smallest absolute Gasteiger partial charge is 0.320 e. The van der Waals surface area contributed by atoms with Crippen LogP contribution in [-0.4, -0.2) is 38.5 Å². The number of carboxylic acid groups (broad SMARTS) is 1. The summed E-state index contributed by atoms with van der Waals surface area (Å²) in [5.74, 6) is 0.157. The van der Waals surface area contributed by atoms with Crippen molar-refractivity contribution in [1.29, 1.82) is 0 Å². The van der Waals surface area contributed by atoms with Crippen LogP contribution in [0.3, 0.4) is 0 Å². The molecule has 0 bridgehead atoms. The number of aryl methyl sites for hydroxylation is 1. The number of H-pyrrole nitrogens is 1. The Morgan fingerprint density at radius 1 is 1.57 bits per heavy atom. The first-order valence-electron chi connectivity index (χ1n) is 7.55. The molecule has 1 saturated heterocycles. The molecule has 2 heterocycles. The van der Waals surface area contributed by atoms with Crippen LogP contribution in [-0.2, 0) is 4.79 Å². The van der Waals surface area contributed by atoms with Gasteiger partial charge in [0.15, 0.2) is 0 Å². The number of carboxylic acids is 1. The summed E-state index contributed by atoms with van der Waals surface area (Å²) < 4.78 is 0. The van der Waals surface area contributed by atoms with Gasteiger partial charge in [0.2, 0.25) is 0 Å². The summed E-state index contributed by atoms with van der Waals surface area (Å²) >= 11 is 0. The number of aromatic amines is 1. The van der Waals surface area contributed by atoms with Gasteiger partial charge in [-0.05, 0) is 50.4 Å². The summed E-state index contributed by atoms with van der Waals surface area (Å²) in [6.07, 6.45) is 2.51. The van der Waals surface area contributed by atoms with Crippen molar-refractivity contribution in [3.63, 3.8) is 0 Å². The number of hydrogen-bond donors (Lipinski definition) is 2. The molecular weight excluding hydrogens is 266 g/mol. The molecule has 0 amide bonds. The first-order chi connectivity index (χ1) is 10.1. The van der Waals surface area contributed by atoms with Gasteiger partial charge in [0.05, 0.1) is 17.1 Å². The molecule has 0 radical (unpaired) electrons. The first kappa shape index (κ1) is 14.1. The Kier molecular flexibility index (Phi) is 3.68. The van der Waals surface area contributed by atoms with Crippen LogP contribution < -0.4 is 0 Å². The monoisotopic (exact) mass is 287 g/mol. The van der Waals surface area contributed by atoms with E-state index in [-0.39, 0.29) is 12.1 Å². The number of imidazole rings is 1. The number of fused-ring (bicyclic) bond motifs is 1. The molecule has 1 fully saturated rings. The highest BCUT2D eigenvalue weighted by molar-refractivity contribution is 5.76. The van der Waals surface area contributed by atoms with E-state index < -0.39 is 5.97 Å². The lowest BCUT2D eigenvalue weighted by Crippen LogP contribution is -2.39. The maximum absolute atomic E-state index is 11.4. The molecule has 2 atom stereocenters. The van der Waals surface area contributed by atoms with Crippen LogP contribution in [0.5, 0.6) is 0 Å². The second kappa shape index (κ2) is 5.48. The molecule has 5 heteroatoms. The molecule has 2 N–H and O–H groups in total. The number of aromatic nitrogens is 2. The second-order valence-corrected chi connectivity index (χ2v) is 5.80. The van der Waals surface area contributed by atoms with Crippen molar-refractivity contribution in [2.75, 3.05) is 6.54 Å². The minimum Gasteiger partial charge on any atom is -0.480 e. The second-order valence-electron chi connectivity index (χ2n) is 5.80. The van der Waals surface area contributed by atoms with Gasteiger partial charge in [0, 0.05) is 0 Å². The number of aliphatic carboxylic acids is 1. The SMILES string of the molecule is CCC(c1nc2ccc(C)cc2[nH]1)N1CCCC1C(=O)O. The van der Waals surface area contributed by atoms with E-state index in [1.165, 1.54) is 5.56 Å². The Bertz CT molecular complexity index is 665. The van der Waals surface area contributed by atoms with Gasteiger partial charge in [0.25, 0.3) is 0 Å². The van der Waals surface area contributed by atoms with Crippen LogP contribution in [0.15, 0.2) is 18.2 Å². The van der Waals surface area contributed by atoms with Crippen LogP contribution in [0.2, 0.25) is 0 Å². The zero-order valence-corrected chi connectivity index (χ0v) is 12.5. The van der Waals surface area contributed by atoms with Gasteiger partial charge in [-0.15, -0.1) is 0 Å². The number of carbonyl (C=O) groups is 1. The van der Waals surface area contributed by atoms with Gasteiger partial charge in [-0.1, -0.05) is 13.0 Å². The Labute approximate surface area is 124 Å². The molecule has 0 saturated carbocycles. The minimum atomic E-state index is -0.724. The van der Waals surface area contributed by atoms with Crippen molar-refractivity contribution < 1.29 is 9.90 Å². The molecule has 2 unspecified atom stereocenters. The molecule has 112 valence electrons. The summed E-state index contributed by atoms with van der Waals surface area (Å²) in [5.41, 5.74) is 3.16. The highest BCUT2D eigenvalue weighted by atomic mass is 16.4. The number of benzene rings is 1.